The van der Waals surface area contributed by atoms with Crippen molar-refractivity contribution in [2.75, 3.05) is 0 Å². The van der Waals surface area contributed by atoms with E-state index in [2.05, 4.69) is 10.2 Å². The minimum absolute atomic E-state index is 0.145. The molecule has 47 heavy (non-hydrogen) atoms. The van der Waals surface area contributed by atoms with Crippen molar-refractivity contribution in [1.29, 1.82) is 0 Å². The predicted octanol–water partition coefficient (Wildman–Crippen LogP) is 8.88. The molecule has 0 aliphatic rings. The average molecular weight is 667 g/mol. The number of hydrogen-bond donors (Lipinski definition) is 0. The minimum Gasteiger partial charge on any atom is -0.233 e. The fraction of sp³-hybridized carbons (Fsp3) is 0.118. The first-order valence-corrected chi connectivity index (χ1v) is 15.5. The van der Waals surface area contributed by atoms with Gasteiger partial charge in [0.15, 0.2) is 11.4 Å². The third-order valence-corrected chi connectivity index (χ3v) is 9.26. The van der Waals surface area contributed by atoms with E-state index in [9.17, 15) is 34.8 Å². The number of alkyl halides is 6. The molecule has 0 spiro atoms. The van der Waals surface area contributed by atoms with Crippen LogP contribution >= 0.6 is 0 Å². The van der Waals surface area contributed by atoms with E-state index in [1.54, 1.807) is 48.5 Å². The lowest BCUT2D eigenvalue weighted by Crippen LogP contribution is -2.08. The van der Waals surface area contributed by atoms with Crippen LogP contribution in [0.25, 0.3) is 33.9 Å². The summed E-state index contributed by atoms with van der Waals surface area (Å²) < 4.78 is 111. The Balaban J connectivity index is 1.33. The fourth-order valence-corrected chi connectivity index (χ4v) is 6.22. The summed E-state index contributed by atoms with van der Waals surface area (Å²) in [5, 5.41) is 7.51. The largest absolute Gasteiger partial charge is 0.435 e. The third-order valence-electron chi connectivity index (χ3n) is 7.48. The molecule has 6 rings (SSSR count). The lowest BCUT2D eigenvalue weighted by Gasteiger charge is -2.11. The first kappa shape index (κ1) is 31.8. The SMILES string of the molecule is Cc1ccc(-c2cc(C(F)(F)F)nn2-c2ccc(S(=O)(=O)c3ccc(-n4nc(C(F)(F)F)cc4-c4ccc(C)cc4)cc3)cc2)cc1. The van der Waals surface area contributed by atoms with Crippen LogP contribution < -0.4 is 0 Å². The Hall–Kier alpha value is -5.17. The number of halogens is 6. The summed E-state index contributed by atoms with van der Waals surface area (Å²) in [4.78, 5) is -0.291. The van der Waals surface area contributed by atoms with Crippen molar-refractivity contribution in [3.8, 4) is 33.9 Å². The molecule has 0 fully saturated rings. The molecule has 2 aromatic heterocycles. The zero-order valence-corrected chi connectivity index (χ0v) is 25.5. The molecule has 0 saturated carbocycles. The highest BCUT2D eigenvalue weighted by Crippen LogP contribution is 2.35. The van der Waals surface area contributed by atoms with Crippen LogP contribution in [-0.4, -0.2) is 28.0 Å². The molecule has 0 radical (unpaired) electrons. The van der Waals surface area contributed by atoms with E-state index in [-0.39, 0.29) is 32.6 Å². The number of rotatable bonds is 6. The van der Waals surface area contributed by atoms with E-state index >= 15 is 0 Å². The summed E-state index contributed by atoms with van der Waals surface area (Å²) in [5.74, 6) is 0. The topological polar surface area (TPSA) is 69.8 Å². The highest BCUT2D eigenvalue weighted by atomic mass is 32.2. The number of benzene rings is 4. The molecule has 0 saturated heterocycles. The second-order valence-corrected chi connectivity index (χ2v) is 12.8. The molecule has 13 heteroatoms. The van der Waals surface area contributed by atoms with Crippen molar-refractivity contribution in [2.45, 2.75) is 36.0 Å². The van der Waals surface area contributed by atoms with Gasteiger partial charge in [-0.05, 0) is 74.5 Å². The van der Waals surface area contributed by atoms with Gasteiger partial charge in [0.05, 0.1) is 32.6 Å². The molecule has 2 heterocycles. The zero-order valence-electron chi connectivity index (χ0n) is 24.7. The lowest BCUT2D eigenvalue weighted by molar-refractivity contribution is -0.142. The predicted molar refractivity (Wildman–Crippen MR) is 163 cm³/mol. The van der Waals surface area contributed by atoms with Crippen molar-refractivity contribution in [1.82, 2.24) is 19.6 Å². The van der Waals surface area contributed by atoms with Crippen molar-refractivity contribution in [2.24, 2.45) is 0 Å². The first-order chi connectivity index (χ1) is 22.1. The van der Waals surface area contributed by atoms with Crippen molar-refractivity contribution in [3.05, 3.63) is 132 Å². The molecule has 0 atom stereocenters. The molecular weight excluding hydrogens is 642 g/mol. The lowest BCUT2D eigenvalue weighted by atomic mass is 10.1. The third kappa shape index (κ3) is 6.30. The van der Waals surface area contributed by atoms with E-state index in [0.29, 0.717) is 11.1 Å². The van der Waals surface area contributed by atoms with E-state index in [1.807, 2.05) is 13.8 Å². The van der Waals surface area contributed by atoms with Gasteiger partial charge >= 0.3 is 12.4 Å². The summed E-state index contributed by atoms with van der Waals surface area (Å²) in [7, 11) is -4.13. The number of nitrogens with zero attached hydrogens (tertiary/aromatic N) is 4. The van der Waals surface area contributed by atoms with Crippen LogP contribution in [-0.2, 0) is 22.2 Å². The highest BCUT2D eigenvalue weighted by molar-refractivity contribution is 7.91. The van der Waals surface area contributed by atoms with E-state index in [0.717, 1.165) is 32.6 Å². The molecule has 6 nitrogen and oxygen atoms in total. The van der Waals surface area contributed by atoms with Crippen LogP contribution in [0, 0.1) is 13.8 Å². The van der Waals surface area contributed by atoms with Gasteiger partial charge in [0.2, 0.25) is 9.84 Å². The number of aromatic nitrogens is 4. The van der Waals surface area contributed by atoms with Crippen LogP contribution in [0.15, 0.2) is 119 Å². The van der Waals surface area contributed by atoms with Gasteiger partial charge in [0.25, 0.3) is 0 Å². The first-order valence-electron chi connectivity index (χ1n) is 14.1. The summed E-state index contributed by atoms with van der Waals surface area (Å²) in [5.41, 5.74) is 1.34. The zero-order chi connectivity index (χ0) is 33.7. The second-order valence-electron chi connectivity index (χ2n) is 10.9. The number of hydrogen-bond acceptors (Lipinski definition) is 4. The Labute approximate surface area is 265 Å². The molecule has 4 aromatic carbocycles. The van der Waals surface area contributed by atoms with Crippen molar-refractivity contribution < 1.29 is 34.8 Å². The van der Waals surface area contributed by atoms with Crippen LogP contribution in [0.4, 0.5) is 26.3 Å². The van der Waals surface area contributed by atoms with Gasteiger partial charge in [-0.3, -0.25) is 0 Å². The normalized spacial score (nSPS) is 12.4. The fourth-order valence-electron chi connectivity index (χ4n) is 4.96. The van der Waals surface area contributed by atoms with Gasteiger partial charge in [-0.1, -0.05) is 59.7 Å². The Bertz CT molecular complexity index is 2010. The maximum absolute atomic E-state index is 13.6. The van der Waals surface area contributed by atoms with Crippen LogP contribution in [0.1, 0.15) is 22.5 Å². The smallest absolute Gasteiger partial charge is 0.233 e. The Morgan fingerprint density at radius 1 is 0.511 bits per heavy atom. The molecule has 240 valence electrons. The van der Waals surface area contributed by atoms with Crippen LogP contribution in [0.3, 0.4) is 0 Å². The number of aryl methyl sites for hydroxylation is 2. The molecule has 0 bridgehead atoms. The number of sulfone groups is 1. The average Bonchev–Trinajstić information content (AvgIpc) is 3.69. The molecule has 0 aliphatic heterocycles. The molecule has 0 amide bonds. The maximum atomic E-state index is 13.6. The molecule has 0 N–H and O–H groups in total. The summed E-state index contributed by atoms with van der Waals surface area (Å²) in [6.07, 6.45) is -9.41. The Morgan fingerprint density at radius 2 is 0.830 bits per heavy atom. The Morgan fingerprint density at radius 3 is 1.13 bits per heavy atom. The van der Waals surface area contributed by atoms with Crippen molar-refractivity contribution >= 4 is 9.84 Å². The van der Waals surface area contributed by atoms with Gasteiger partial charge in [-0.2, -0.15) is 36.5 Å². The van der Waals surface area contributed by atoms with E-state index in [4.69, 9.17) is 0 Å². The van der Waals surface area contributed by atoms with E-state index < -0.39 is 33.6 Å². The summed E-state index contributed by atoms with van der Waals surface area (Å²) in [6, 6.07) is 26.0. The quantitative estimate of drug-likeness (QED) is 0.167. The summed E-state index contributed by atoms with van der Waals surface area (Å²) >= 11 is 0. The monoisotopic (exact) mass is 666 g/mol. The van der Waals surface area contributed by atoms with E-state index in [1.165, 1.54) is 48.5 Å². The summed E-state index contributed by atoms with van der Waals surface area (Å²) in [6.45, 7) is 3.69. The van der Waals surface area contributed by atoms with Gasteiger partial charge in [-0.25, -0.2) is 17.8 Å². The van der Waals surface area contributed by atoms with Gasteiger partial charge in [-0.15, -0.1) is 0 Å². The van der Waals surface area contributed by atoms with Gasteiger partial charge in [0.1, 0.15) is 0 Å². The van der Waals surface area contributed by atoms with Crippen LogP contribution in [0.2, 0.25) is 0 Å². The Kier molecular flexibility index (Phi) is 7.83. The highest BCUT2D eigenvalue weighted by Gasteiger charge is 2.36. The van der Waals surface area contributed by atoms with Crippen LogP contribution in [0.5, 0.6) is 0 Å². The van der Waals surface area contributed by atoms with Gasteiger partial charge in [0, 0.05) is 11.1 Å². The molecular formula is C34H24F6N4O2S. The van der Waals surface area contributed by atoms with Gasteiger partial charge < -0.3 is 0 Å². The van der Waals surface area contributed by atoms with Crippen molar-refractivity contribution in [3.63, 3.8) is 0 Å². The minimum atomic E-state index is -4.70. The molecule has 6 aromatic rings. The molecule has 0 aliphatic carbocycles. The molecule has 0 unspecified atom stereocenters. The maximum Gasteiger partial charge on any atom is 0.435 e. The standard InChI is InChI=1S/C34H24F6N4O2S/c1-21-3-7-23(8-4-21)29-19-31(33(35,36)37)41-43(29)25-11-15-27(16-12-25)47(45,46)28-17-13-26(14-18-28)44-30(20-32(42-44)34(38,39)40)24-9-5-22(2)6-10-24/h3-20H,1-2H3. The second kappa shape index (κ2) is 11.6.